The molecule has 170 valence electrons. The number of anilines is 1. The lowest BCUT2D eigenvalue weighted by molar-refractivity contribution is -0.137. The van der Waals surface area contributed by atoms with E-state index in [1.54, 1.807) is 6.26 Å². The highest BCUT2D eigenvalue weighted by Crippen LogP contribution is 2.35. The number of aromatic nitrogens is 2. The number of ether oxygens (including phenoxy) is 2. The van der Waals surface area contributed by atoms with E-state index in [4.69, 9.17) is 9.47 Å². The Morgan fingerprint density at radius 1 is 1.16 bits per heavy atom. The van der Waals surface area contributed by atoms with Gasteiger partial charge < -0.3 is 14.8 Å². The Balaban J connectivity index is 1.97. The number of rotatable bonds is 8. The van der Waals surface area contributed by atoms with Crippen LogP contribution in [-0.4, -0.2) is 42.0 Å². The van der Waals surface area contributed by atoms with Gasteiger partial charge in [-0.1, -0.05) is 11.8 Å². The summed E-state index contributed by atoms with van der Waals surface area (Å²) in [5.74, 6) is -1.10. The van der Waals surface area contributed by atoms with Crippen molar-refractivity contribution in [1.29, 1.82) is 0 Å². The molecule has 0 aliphatic heterocycles. The first-order valence-electron chi connectivity index (χ1n) is 9.26. The molecule has 32 heavy (non-hydrogen) atoms. The third-order valence-corrected chi connectivity index (χ3v) is 4.98. The van der Waals surface area contributed by atoms with E-state index in [9.17, 15) is 22.4 Å². The summed E-state index contributed by atoms with van der Waals surface area (Å²) in [4.78, 5) is 17.2. The van der Waals surface area contributed by atoms with Gasteiger partial charge in [0, 0.05) is 12.8 Å². The van der Waals surface area contributed by atoms with Gasteiger partial charge in [-0.05, 0) is 48.7 Å². The fraction of sp³-hybridized carbons (Fsp3) is 0.238. The Morgan fingerprint density at radius 2 is 1.88 bits per heavy atom. The monoisotopic (exact) mass is 469 g/mol. The van der Waals surface area contributed by atoms with Crippen LogP contribution in [0.1, 0.15) is 16.1 Å². The Morgan fingerprint density at radius 3 is 2.50 bits per heavy atom. The zero-order valence-corrected chi connectivity index (χ0v) is 17.9. The molecule has 0 aliphatic carbocycles. The van der Waals surface area contributed by atoms with Crippen molar-refractivity contribution in [1.82, 2.24) is 9.55 Å². The number of nitrogens with one attached hydrogen (secondary N) is 1. The van der Waals surface area contributed by atoms with Gasteiger partial charge in [0.05, 0.1) is 24.1 Å². The molecule has 3 rings (SSSR count). The topological polar surface area (TPSA) is 65.4 Å². The van der Waals surface area contributed by atoms with E-state index in [1.165, 1.54) is 53.9 Å². The highest BCUT2D eigenvalue weighted by molar-refractivity contribution is 7.98. The van der Waals surface area contributed by atoms with Crippen molar-refractivity contribution >= 4 is 23.4 Å². The predicted molar refractivity (Wildman–Crippen MR) is 112 cm³/mol. The van der Waals surface area contributed by atoms with Crippen LogP contribution in [0.4, 0.5) is 23.2 Å². The van der Waals surface area contributed by atoms with Gasteiger partial charge >= 0.3 is 6.18 Å². The fourth-order valence-electron chi connectivity index (χ4n) is 2.83. The molecule has 1 amide bonds. The molecule has 0 radical (unpaired) electrons. The minimum absolute atomic E-state index is 0.0567. The number of halogens is 4. The molecule has 0 saturated heterocycles. The number of carbonyl (C=O) groups excluding carboxylic acids is 1. The second kappa shape index (κ2) is 10.0. The van der Waals surface area contributed by atoms with E-state index >= 15 is 0 Å². The number of hydrogen-bond acceptors (Lipinski definition) is 5. The molecule has 0 saturated carbocycles. The van der Waals surface area contributed by atoms with Crippen molar-refractivity contribution in [3.8, 4) is 11.4 Å². The summed E-state index contributed by atoms with van der Waals surface area (Å²) in [6, 6.07) is 8.21. The summed E-state index contributed by atoms with van der Waals surface area (Å²) in [5, 5.41) is 2.92. The summed E-state index contributed by atoms with van der Waals surface area (Å²) in [6.07, 6.45) is -1.56. The van der Waals surface area contributed by atoms with Crippen molar-refractivity contribution in [3.05, 3.63) is 65.7 Å². The number of methoxy groups -OCH3 is 1. The number of hydrogen-bond donors (Lipinski definition) is 1. The van der Waals surface area contributed by atoms with E-state index in [2.05, 4.69) is 10.3 Å². The van der Waals surface area contributed by atoms with Crippen LogP contribution >= 0.6 is 11.8 Å². The van der Waals surface area contributed by atoms with Gasteiger partial charge in [0.2, 0.25) is 0 Å². The van der Waals surface area contributed by atoms with E-state index < -0.39 is 23.5 Å². The highest BCUT2D eigenvalue weighted by Gasteiger charge is 2.31. The first kappa shape index (κ1) is 23.6. The van der Waals surface area contributed by atoms with Crippen LogP contribution in [-0.2, 0) is 10.9 Å². The van der Waals surface area contributed by atoms with Crippen molar-refractivity contribution < 1.29 is 31.8 Å². The molecular formula is C21H19F4N3O3S. The number of imidazole rings is 1. The highest BCUT2D eigenvalue weighted by atomic mass is 32.2. The van der Waals surface area contributed by atoms with Gasteiger partial charge in [-0.2, -0.15) is 13.2 Å². The first-order chi connectivity index (χ1) is 15.2. The third-order valence-electron chi connectivity index (χ3n) is 4.33. The summed E-state index contributed by atoms with van der Waals surface area (Å²) in [5.41, 5.74) is -0.567. The fourth-order valence-corrected chi connectivity index (χ4v) is 3.37. The Kier molecular flexibility index (Phi) is 7.41. The average Bonchev–Trinajstić information content (AvgIpc) is 3.19. The lowest BCUT2D eigenvalue weighted by Gasteiger charge is -2.16. The molecule has 0 spiro atoms. The molecule has 6 nitrogen and oxygen atoms in total. The molecule has 1 heterocycles. The van der Waals surface area contributed by atoms with E-state index in [0.717, 1.165) is 18.2 Å². The maximum atomic E-state index is 13.3. The largest absolute Gasteiger partial charge is 0.489 e. The number of thioether (sulfide) groups is 1. The van der Waals surface area contributed by atoms with Gasteiger partial charge in [0.25, 0.3) is 5.91 Å². The van der Waals surface area contributed by atoms with Crippen LogP contribution in [0.15, 0.2) is 53.8 Å². The van der Waals surface area contributed by atoms with Crippen LogP contribution in [0, 0.1) is 5.82 Å². The molecule has 0 unspecified atom stereocenters. The SMILES string of the molecule is COCCOc1ccc(C(F)(F)F)cc1NC(=O)c1cnc(SC)n1-c1ccc(F)cc1. The number of nitrogens with zero attached hydrogens (tertiary/aromatic N) is 2. The molecule has 0 aliphatic rings. The molecule has 0 fully saturated rings. The third kappa shape index (κ3) is 5.40. The standard InChI is InChI=1S/C21H19F4N3O3S/c1-30-9-10-31-18-8-3-13(21(23,24)25)11-16(18)27-19(29)17-12-26-20(32-2)28(17)15-6-4-14(22)5-7-15/h3-8,11-12H,9-10H2,1-2H3,(H,27,29). The van der Waals surface area contributed by atoms with E-state index in [0.29, 0.717) is 10.8 Å². The van der Waals surface area contributed by atoms with Crippen LogP contribution in [0.2, 0.25) is 0 Å². The predicted octanol–water partition coefficient (Wildman–Crippen LogP) is 5.03. The Bertz CT molecular complexity index is 1080. The zero-order valence-electron chi connectivity index (χ0n) is 17.1. The maximum Gasteiger partial charge on any atom is 0.416 e. The minimum atomic E-state index is -4.60. The minimum Gasteiger partial charge on any atom is -0.489 e. The van der Waals surface area contributed by atoms with Crippen molar-refractivity contribution in [2.45, 2.75) is 11.3 Å². The van der Waals surface area contributed by atoms with E-state index in [1.807, 2.05) is 0 Å². The second-order valence-electron chi connectivity index (χ2n) is 6.45. The van der Waals surface area contributed by atoms with Gasteiger partial charge in [-0.25, -0.2) is 9.37 Å². The number of carbonyl (C=O) groups is 1. The van der Waals surface area contributed by atoms with Crippen molar-refractivity contribution in [2.75, 3.05) is 31.9 Å². The average molecular weight is 469 g/mol. The van der Waals surface area contributed by atoms with Gasteiger partial charge in [0.1, 0.15) is 23.9 Å². The molecule has 2 aromatic carbocycles. The quantitative estimate of drug-likeness (QED) is 0.285. The van der Waals surface area contributed by atoms with Crippen molar-refractivity contribution in [3.63, 3.8) is 0 Å². The maximum absolute atomic E-state index is 13.3. The molecule has 0 bridgehead atoms. The lowest BCUT2D eigenvalue weighted by Crippen LogP contribution is -2.18. The lowest BCUT2D eigenvalue weighted by atomic mass is 10.1. The Hall–Kier alpha value is -3.05. The number of benzene rings is 2. The Labute approximate surface area is 185 Å². The van der Waals surface area contributed by atoms with E-state index in [-0.39, 0.29) is 30.3 Å². The molecule has 11 heteroatoms. The van der Waals surface area contributed by atoms with Gasteiger partial charge in [0.15, 0.2) is 5.16 Å². The smallest absolute Gasteiger partial charge is 0.416 e. The van der Waals surface area contributed by atoms with Crippen LogP contribution in [0.25, 0.3) is 5.69 Å². The molecular weight excluding hydrogens is 450 g/mol. The van der Waals surface area contributed by atoms with Crippen molar-refractivity contribution in [2.24, 2.45) is 0 Å². The van der Waals surface area contributed by atoms with Crippen LogP contribution in [0.5, 0.6) is 5.75 Å². The van der Waals surface area contributed by atoms with Gasteiger partial charge in [-0.15, -0.1) is 0 Å². The van der Waals surface area contributed by atoms with Crippen LogP contribution in [0.3, 0.4) is 0 Å². The number of alkyl halides is 3. The first-order valence-corrected chi connectivity index (χ1v) is 10.5. The normalized spacial score (nSPS) is 11.4. The molecule has 1 aromatic heterocycles. The number of amides is 1. The summed E-state index contributed by atoms with van der Waals surface area (Å²) in [6.45, 7) is 0.289. The molecule has 1 N–H and O–H groups in total. The summed E-state index contributed by atoms with van der Waals surface area (Å²) >= 11 is 1.25. The van der Waals surface area contributed by atoms with Crippen LogP contribution < -0.4 is 10.1 Å². The second-order valence-corrected chi connectivity index (χ2v) is 7.22. The summed E-state index contributed by atoms with van der Waals surface area (Å²) < 4.78 is 64.8. The zero-order chi connectivity index (χ0) is 23.3. The molecule has 3 aromatic rings. The molecule has 0 atom stereocenters. The summed E-state index contributed by atoms with van der Waals surface area (Å²) in [7, 11) is 1.46. The van der Waals surface area contributed by atoms with Gasteiger partial charge in [-0.3, -0.25) is 9.36 Å².